The Labute approximate surface area is 183 Å². The Balaban J connectivity index is 1.60. The molecule has 2 aliphatic rings. The number of nitrogens with one attached hydrogen (secondary N) is 1. The van der Waals surface area contributed by atoms with Crippen LogP contribution in [0.4, 0.5) is 0 Å². The number of hydrogen-bond acceptors (Lipinski definition) is 5. The number of hydrogen-bond donors (Lipinski definition) is 1. The number of carbonyl (C=O) groups is 1. The topological polar surface area (TPSA) is 78.1 Å². The summed E-state index contributed by atoms with van der Waals surface area (Å²) < 4.78 is 5.96. The monoisotopic (exact) mass is 438 g/mol. The van der Waals surface area contributed by atoms with Gasteiger partial charge in [-0.2, -0.15) is 15.1 Å². The van der Waals surface area contributed by atoms with Crippen LogP contribution in [0.25, 0.3) is 6.08 Å². The van der Waals surface area contributed by atoms with Crippen LogP contribution in [0, 0.1) is 5.41 Å². The number of nitrogens with zero attached hydrogens (tertiary/aromatic N) is 3. The van der Waals surface area contributed by atoms with Crippen LogP contribution in [0.1, 0.15) is 30.9 Å². The largest absolute Gasteiger partial charge is 0.488 e. The van der Waals surface area contributed by atoms with Gasteiger partial charge in [0.1, 0.15) is 17.4 Å². The first kappa shape index (κ1) is 20.4. The molecule has 30 heavy (non-hydrogen) atoms. The summed E-state index contributed by atoms with van der Waals surface area (Å²) in [7, 11) is 0. The normalized spacial score (nSPS) is 17.1. The maximum absolute atomic E-state index is 12.6. The minimum Gasteiger partial charge on any atom is -0.488 e. The van der Waals surface area contributed by atoms with E-state index in [0.717, 1.165) is 23.4 Å². The van der Waals surface area contributed by atoms with Crippen molar-refractivity contribution < 1.29 is 9.53 Å². The Morgan fingerprint density at radius 3 is 2.77 bits per heavy atom. The highest BCUT2D eigenvalue weighted by molar-refractivity contribution is 8.26. The van der Waals surface area contributed by atoms with E-state index in [0.29, 0.717) is 28.1 Å². The molecule has 0 aliphatic carbocycles. The molecule has 2 aliphatic heterocycles. The third-order valence-corrected chi connectivity index (χ3v) is 5.86. The van der Waals surface area contributed by atoms with Crippen LogP contribution in [-0.2, 0) is 11.4 Å². The van der Waals surface area contributed by atoms with E-state index in [-0.39, 0.29) is 11.4 Å². The summed E-state index contributed by atoms with van der Waals surface area (Å²) >= 11 is 7.56. The SMILES string of the molecule is CCCC1=NN2C(=N)/C(=C/c3ccccc3OCc3ccccc3Cl)C(=O)N=C2S1. The second-order valence-corrected chi connectivity index (χ2v) is 8.13. The van der Waals surface area contributed by atoms with Crippen LogP contribution < -0.4 is 4.74 Å². The predicted molar refractivity (Wildman–Crippen MR) is 122 cm³/mol. The fourth-order valence-electron chi connectivity index (χ4n) is 3.00. The number of hydrazone groups is 1. The van der Waals surface area contributed by atoms with Gasteiger partial charge in [0.25, 0.3) is 5.91 Å². The Morgan fingerprint density at radius 2 is 1.97 bits per heavy atom. The van der Waals surface area contributed by atoms with Gasteiger partial charge < -0.3 is 4.74 Å². The number of thioether (sulfide) groups is 1. The lowest BCUT2D eigenvalue weighted by molar-refractivity contribution is -0.114. The van der Waals surface area contributed by atoms with E-state index < -0.39 is 5.91 Å². The van der Waals surface area contributed by atoms with E-state index in [1.807, 2.05) is 48.5 Å². The fourth-order valence-corrected chi connectivity index (χ4v) is 4.18. The Hall–Kier alpha value is -2.90. The number of fused-ring (bicyclic) bond motifs is 1. The smallest absolute Gasteiger partial charge is 0.283 e. The van der Waals surface area contributed by atoms with Crippen LogP contribution in [-0.4, -0.2) is 27.0 Å². The number of benzene rings is 2. The molecule has 152 valence electrons. The van der Waals surface area contributed by atoms with Crippen molar-refractivity contribution in [3.63, 3.8) is 0 Å². The lowest BCUT2D eigenvalue weighted by Crippen LogP contribution is -2.35. The van der Waals surface area contributed by atoms with Crippen molar-refractivity contribution in [3.8, 4) is 5.75 Å². The number of carbonyl (C=O) groups excluding carboxylic acids is 1. The minimum absolute atomic E-state index is 0.0181. The Morgan fingerprint density at radius 1 is 1.20 bits per heavy atom. The molecule has 0 unspecified atom stereocenters. The molecule has 0 aromatic heterocycles. The molecule has 2 aromatic carbocycles. The summed E-state index contributed by atoms with van der Waals surface area (Å²) in [5.41, 5.74) is 1.72. The molecule has 0 bridgehead atoms. The van der Waals surface area contributed by atoms with Gasteiger partial charge in [-0.3, -0.25) is 10.2 Å². The summed E-state index contributed by atoms with van der Waals surface area (Å²) in [6.07, 6.45) is 3.36. The first-order valence-corrected chi connectivity index (χ1v) is 10.7. The van der Waals surface area contributed by atoms with Gasteiger partial charge in [-0.15, -0.1) is 0 Å². The zero-order valence-corrected chi connectivity index (χ0v) is 17.8. The molecule has 0 saturated carbocycles. The molecule has 0 atom stereocenters. The summed E-state index contributed by atoms with van der Waals surface area (Å²) in [6.45, 7) is 2.35. The van der Waals surface area contributed by atoms with E-state index in [9.17, 15) is 4.79 Å². The van der Waals surface area contributed by atoms with Crippen molar-refractivity contribution >= 4 is 51.4 Å². The van der Waals surface area contributed by atoms with Gasteiger partial charge in [-0.25, -0.2) is 0 Å². The van der Waals surface area contributed by atoms with Gasteiger partial charge in [-0.05, 0) is 42.8 Å². The molecule has 0 spiro atoms. The van der Waals surface area contributed by atoms with Gasteiger partial charge in [0.2, 0.25) is 5.17 Å². The highest BCUT2D eigenvalue weighted by Gasteiger charge is 2.35. The molecular formula is C22H19ClN4O2S. The highest BCUT2D eigenvalue weighted by Crippen LogP contribution is 2.31. The van der Waals surface area contributed by atoms with Crippen molar-refractivity contribution in [2.45, 2.75) is 26.4 Å². The van der Waals surface area contributed by atoms with Crippen molar-refractivity contribution in [2.75, 3.05) is 0 Å². The van der Waals surface area contributed by atoms with Gasteiger partial charge in [0.05, 0.1) is 5.57 Å². The third-order valence-electron chi connectivity index (χ3n) is 4.52. The first-order valence-electron chi connectivity index (χ1n) is 9.51. The summed E-state index contributed by atoms with van der Waals surface area (Å²) in [6, 6.07) is 14.8. The Bertz CT molecular complexity index is 1110. The van der Waals surface area contributed by atoms with E-state index >= 15 is 0 Å². The number of amidine groups is 2. The van der Waals surface area contributed by atoms with E-state index in [1.165, 1.54) is 16.8 Å². The first-order chi connectivity index (χ1) is 14.6. The molecular weight excluding hydrogens is 420 g/mol. The lowest BCUT2D eigenvalue weighted by atomic mass is 10.1. The molecule has 1 N–H and O–H groups in total. The van der Waals surface area contributed by atoms with Crippen molar-refractivity contribution in [2.24, 2.45) is 10.1 Å². The molecule has 0 radical (unpaired) electrons. The molecule has 0 fully saturated rings. The quantitative estimate of drug-likeness (QED) is 0.617. The predicted octanol–water partition coefficient (Wildman–Crippen LogP) is 5.34. The number of ether oxygens (including phenoxy) is 1. The maximum Gasteiger partial charge on any atom is 0.283 e. The second-order valence-electron chi connectivity index (χ2n) is 6.68. The van der Waals surface area contributed by atoms with Crippen LogP contribution >= 0.6 is 23.4 Å². The average Bonchev–Trinajstić information content (AvgIpc) is 3.14. The molecule has 1 amide bonds. The van der Waals surface area contributed by atoms with Crippen LogP contribution in [0.2, 0.25) is 5.02 Å². The molecule has 2 heterocycles. The highest BCUT2D eigenvalue weighted by atomic mass is 35.5. The second kappa shape index (κ2) is 8.85. The molecule has 0 saturated heterocycles. The molecule has 8 heteroatoms. The number of amides is 1. The van der Waals surface area contributed by atoms with E-state index in [4.69, 9.17) is 21.7 Å². The zero-order valence-electron chi connectivity index (χ0n) is 16.3. The number of aliphatic imine (C=N–C) groups is 1. The van der Waals surface area contributed by atoms with Crippen LogP contribution in [0.3, 0.4) is 0 Å². The number of rotatable bonds is 6. The third kappa shape index (κ3) is 4.17. The summed E-state index contributed by atoms with van der Waals surface area (Å²) in [5.74, 6) is 0.156. The van der Waals surface area contributed by atoms with Crippen LogP contribution in [0.15, 0.2) is 64.2 Å². The molecule has 6 nitrogen and oxygen atoms in total. The van der Waals surface area contributed by atoms with E-state index in [2.05, 4.69) is 17.0 Å². The van der Waals surface area contributed by atoms with Crippen LogP contribution in [0.5, 0.6) is 5.75 Å². The van der Waals surface area contributed by atoms with Crippen molar-refractivity contribution in [1.82, 2.24) is 5.01 Å². The average molecular weight is 439 g/mol. The lowest BCUT2D eigenvalue weighted by Gasteiger charge is -2.20. The van der Waals surface area contributed by atoms with Gasteiger partial charge in [0.15, 0.2) is 5.84 Å². The van der Waals surface area contributed by atoms with Crippen molar-refractivity contribution in [3.05, 3.63) is 70.3 Å². The summed E-state index contributed by atoms with van der Waals surface area (Å²) in [4.78, 5) is 16.7. The maximum atomic E-state index is 12.6. The zero-order chi connectivity index (χ0) is 21.1. The minimum atomic E-state index is -0.451. The van der Waals surface area contributed by atoms with Gasteiger partial charge in [-0.1, -0.05) is 54.9 Å². The van der Waals surface area contributed by atoms with Crippen molar-refractivity contribution in [1.29, 1.82) is 5.41 Å². The molecule has 4 rings (SSSR count). The van der Waals surface area contributed by atoms with E-state index in [1.54, 1.807) is 6.08 Å². The van der Waals surface area contributed by atoms with Gasteiger partial charge in [0, 0.05) is 16.1 Å². The number of halogens is 1. The standard InChI is InChI=1S/C22H19ClN4O2S/c1-2-7-19-26-27-20(24)16(21(28)25-22(27)30-19)12-14-8-4-6-11-18(14)29-13-15-9-3-5-10-17(15)23/h3-6,8-12,24H,2,7,13H2,1H3/b16-12-,24-20?. The van der Waals surface area contributed by atoms with Gasteiger partial charge >= 0.3 is 0 Å². The fraction of sp³-hybridized carbons (Fsp3) is 0.182. The summed E-state index contributed by atoms with van der Waals surface area (Å²) in [5, 5.41) is 16.3. The molecule has 2 aromatic rings. The Kier molecular flexibility index (Phi) is 6.01. The number of para-hydroxylation sites is 1.